The van der Waals surface area contributed by atoms with E-state index in [4.69, 9.17) is 26.1 Å². The van der Waals surface area contributed by atoms with Crippen molar-refractivity contribution in [2.45, 2.75) is 25.9 Å². The number of carbonyl (C=O) groups excluding carboxylic acids is 1. The normalized spacial score (nSPS) is 17.8. The van der Waals surface area contributed by atoms with E-state index in [-0.39, 0.29) is 24.6 Å². The molecule has 2 atom stereocenters. The van der Waals surface area contributed by atoms with Crippen LogP contribution in [-0.4, -0.2) is 40.7 Å². The van der Waals surface area contributed by atoms with Crippen molar-refractivity contribution in [3.05, 3.63) is 72.2 Å². The van der Waals surface area contributed by atoms with Gasteiger partial charge in [-0.3, -0.25) is 9.78 Å². The summed E-state index contributed by atoms with van der Waals surface area (Å²) in [4.78, 5) is 18.6. The number of aromatic nitrogens is 1. The topological polar surface area (TPSA) is 76.8 Å². The average Bonchev–Trinajstić information content (AvgIpc) is 3.40. The molecule has 0 radical (unpaired) electrons. The summed E-state index contributed by atoms with van der Waals surface area (Å²) in [6.45, 7) is 4.68. The summed E-state index contributed by atoms with van der Waals surface area (Å²) in [7, 11) is 0. The maximum Gasteiger partial charge on any atom is 0.325 e. The van der Waals surface area contributed by atoms with Gasteiger partial charge >= 0.3 is 5.97 Å². The fourth-order valence-corrected chi connectivity index (χ4v) is 4.08. The van der Waals surface area contributed by atoms with E-state index in [9.17, 15) is 4.79 Å². The highest BCUT2D eigenvalue weighted by atomic mass is 32.1. The number of nitrogens with zero attached hydrogens (tertiary/aromatic N) is 2. The van der Waals surface area contributed by atoms with Crippen LogP contribution in [-0.2, 0) is 9.53 Å². The molecule has 7 nitrogen and oxygen atoms in total. The Morgan fingerprint density at radius 1 is 1.12 bits per heavy atom. The molecule has 1 aliphatic rings. The number of ether oxygens (including phenoxy) is 2. The Bertz CT molecular complexity index is 1070. The zero-order chi connectivity index (χ0) is 22.5. The summed E-state index contributed by atoms with van der Waals surface area (Å²) in [5, 5.41) is 3.75. The van der Waals surface area contributed by atoms with Gasteiger partial charge in [0.15, 0.2) is 5.11 Å². The third-order valence-corrected chi connectivity index (χ3v) is 5.52. The molecule has 1 aliphatic heterocycles. The van der Waals surface area contributed by atoms with Crippen LogP contribution < -0.4 is 10.1 Å². The van der Waals surface area contributed by atoms with Gasteiger partial charge < -0.3 is 24.1 Å². The largest absolute Gasteiger partial charge is 0.494 e. The summed E-state index contributed by atoms with van der Waals surface area (Å²) >= 11 is 5.56. The second-order valence-electron chi connectivity index (χ2n) is 7.22. The molecule has 4 rings (SSSR count). The smallest absolute Gasteiger partial charge is 0.325 e. The van der Waals surface area contributed by atoms with E-state index in [1.807, 2.05) is 61.5 Å². The van der Waals surface area contributed by atoms with E-state index < -0.39 is 0 Å². The molecule has 1 aromatic carbocycles. The lowest BCUT2D eigenvalue weighted by atomic mass is 10.0. The lowest BCUT2D eigenvalue weighted by Crippen LogP contribution is -2.35. The van der Waals surface area contributed by atoms with Crippen molar-refractivity contribution in [1.82, 2.24) is 15.2 Å². The van der Waals surface area contributed by atoms with Crippen LogP contribution in [0.25, 0.3) is 11.3 Å². The Morgan fingerprint density at radius 2 is 1.94 bits per heavy atom. The quantitative estimate of drug-likeness (QED) is 0.402. The van der Waals surface area contributed by atoms with E-state index in [0.29, 0.717) is 24.1 Å². The number of carbonyl (C=O) groups is 1. The highest BCUT2D eigenvalue weighted by Crippen LogP contribution is 2.40. The lowest BCUT2D eigenvalue weighted by Gasteiger charge is -2.25. The summed E-state index contributed by atoms with van der Waals surface area (Å²) in [6, 6.07) is 16.7. The standard InChI is InChI=1S/C24H25N3O4S/c1-3-29-17-10-8-16(9-11-17)19-12-13-20(31-19)23-22(18-7-5-6-14-25-18)26-24(32)27(23)15-21(28)30-4-2/h5-14,22-23H,3-4,15H2,1-2H3,(H,26,32)/t22-,23-/m0/s1. The summed E-state index contributed by atoms with van der Waals surface area (Å²) in [6.07, 6.45) is 1.73. The van der Waals surface area contributed by atoms with Gasteiger partial charge in [-0.2, -0.15) is 0 Å². The highest BCUT2D eigenvalue weighted by Gasteiger charge is 2.42. The second-order valence-corrected chi connectivity index (χ2v) is 7.61. The van der Waals surface area contributed by atoms with Crippen LogP contribution >= 0.6 is 12.2 Å². The molecule has 166 valence electrons. The Morgan fingerprint density at radius 3 is 2.62 bits per heavy atom. The van der Waals surface area contributed by atoms with Gasteiger partial charge in [-0.15, -0.1) is 0 Å². The molecule has 0 saturated carbocycles. The van der Waals surface area contributed by atoms with Crippen molar-refractivity contribution in [3.63, 3.8) is 0 Å². The molecular weight excluding hydrogens is 426 g/mol. The number of pyridine rings is 1. The minimum Gasteiger partial charge on any atom is -0.494 e. The SMILES string of the molecule is CCOC(=O)CN1C(=S)N[C@@H](c2ccccn2)[C@@H]1c1ccc(-c2ccc(OCC)cc2)o1. The molecule has 0 amide bonds. The number of nitrogens with one attached hydrogen (secondary N) is 1. The van der Waals surface area contributed by atoms with E-state index in [0.717, 1.165) is 22.8 Å². The molecule has 0 bridgehead atoms. The molecule has 32 heavy (non-hydrogen) atoms. The van der Waals surface area contributed by atoms with Crippen LogP contribution in [0.4, 0.5) is 0 Å². The Balaban J connectivity index is 1.66. The third kappa shape index (κ3) is 4.60. The first-order valence-electron chi connectivity index (χ1n) is 10.6. The summed E-state index contributed by atoms with van der Waals surface area (Å²) in [5.74, 6) is 1.86. The minimum absolute atomic E-state index is 0.0206. The van der Waals surface area contributed by atoms with Crippen molar-refractivity contribution in [1.29, 1.82) is 0 Å². The van der Waals surface area contributed by atoms with Gasteiger partial charge in [0.05, 0.1) is 24.9 Å². The molecule has 1 fully saturated rings. The molecular formula is C24H25N3O4S. The molecule has 0 spiro atoms. The maximum absolute atomic E-state index is 12.3. The number of rotatable bonds is 8. The Hall–Kier alpha value is -3.39. The lowest BCUT2D eigenvalue weighted by molar-refractivity contribution is -0.143. The van der Waals surface area contributed by atoms with Gasteiger partial charge in [0.2, 0.25) is 0 Å². The van der Waals surface area contributed by atoms with Crippen molar-refractivity contribution in [3.8, 4) is 17.1 Å². The van der Waals surface area contributed by atoms with E-state index in [1.54, 1.807) is 18.0 Å². The highest BCUT2D eigenvalue weighted by molar-refractivity contribution is 7.80. The maximum atomic E-state index is 12.3. The number of esters is 1. The number of thiocarbonyl (C=S) groups is 1. The predicted molar refractivity (Wildman–Crippen MR) is 124 cm³/mol. The van der Waals surface area contributed by atoms with Gasteiger partial charge in [0.1, 0.15) is 29.9 Å². The van der Waals surface area contributed by atoms with E-state index in [1.165, 1.54) is 0 Å². The molecule has 1 N–H and O–H groups in total. The first-order valence-corrected chi connectivity index (χ1v) is 11.0. The fraction of sp³-hybridized carbons (Fsp3) is 0.292. The molecule has 0 aliphatic carbocycles. The van der Waals surface area contributed by atoms with Crippen molar-refractivity contribution >= 4 is 23.3 Å². The average molecular weight is 452 g/mol. The first kappa shape index (κ1) is 21.8. The summed E-state index contributed by atoms with van der Waals surface area (Å²) < 4.78 is 16.9. The third-order valence-electron chi connectivity index (χ3n) is 5.17. The number of hydrogen-bond donors (Lipinski definition) is 1. The molecule has 0 unspecified atom stereocenters. The first-order chi connectivity index (χ1) is 15.6. The number of furan rings is 1. The van der Waals surface area contributed by atoms with Gasteiger partial charge in [-0.1, -0.05) is 6.07 Å². The van der Waals surface area contributed by atoms with Crippen LogP contribution in [0.5, 0.6) is 5.75 Å². The summed E-state index contributed by atoms with van der Waals surface area (Å²) in [5.41, 5.74) is 1.74. The van der Waals surface area contributed by atoms with Gasteiger partial charge in [0.25, 0.3) is 0 Å². The van der Waals surface area contributed by atoms with E-state index in [2.05, 4.69) is 10.3 Å². The fourth-order valence-electron chi connectivity index (χ4n) is 3.78. The van der Waals surface area contributed by atoms with Gasteiger partial charge in [-0.25, -0.2) is 0 Å². The van der Waals surface area contributed by atoms with Crippen LogP contribution in [0.15, 0.2) is 65.2 Å². The van der Waals surface area contributed by atoms with Crippen LogP contribution in [0.1, 0.15) is 37.4 Å². The Labute approximate surface area is 192 Å². The number of benzene rings is 1. The zero-order valence-corrected chi connectivity index (χ0v) is 18.8. The van der Waals surface area contributed by atoms with Gasteiger partial charge in [-0.05, 0) is 74.6 Å². The van der Waals surface area contributed by atoms with Crippen molar-refractivity contribution in [2.75, 3.05) is 19.8 Å². The molecule has 1 saturated heterocycles. The zero-order valence-electron chi connectivity index (χ0n) is 18.0. The number of hydrogen-bond acceptors (Lipinski definition) is 6. The molecule has 2 aromatic heterocycles. The second kappa shape index (κ2) is 9.82. The Kier molecular flexibility index (Phi) is 6.70. The van der Waals surface area contributed by atoms with Crippen molar-refractivity contribution in [2.24, 2.45) is 0 Å². The minimum atomic E-state index is -0.349. The van der Waals surface area contributed by atoms with E-state index >= 15 is 0 Å². The molecule has 3 heterocycles. The monoisotopic (exact) mass is 451 g/mol. The van der Waals surface area contributed by atoms with Crippen LogP contribution in [0, 0.1) is 0 Å². The van der Waals surface area contributed by atoms with Gasteiger partial charge in [0, 0.05) is 11.8 Å². The molecule has 8 heteroatoms. The van der Waals surface area contributed by atoms with Crippen molar-refractivity contribution < 1.29 is 18.7 Å². The van der Waals surface area contributed by atoms with Crippen LogP contribution in [0.3, 0.4) is 0 Å². The van der Waals surface area contributed by atoms with Crippen LogP contribution in [0.2, 0.25) is 0 Å². The molecule has 3 aromatic rings. The predicted octanol–water partition coefficient (Wildman–Crippen LogP) is 4.28.